The first-order valence-corrected chi connectivity index (χ1v) is 6.86. The average molecular weight is 242 g/mol. The molecule has 2 heterocycles. The number of nitrogens with one attached hydrogen (secondary N) is 1. The second kappa shape index (κ2) is 3.70. The van der Waals surface area contributed by atoms with Gasteiger partial charge in [-0.15, -0.1) is 0 Å². The standard InChI is InChI=1S/C14H18N4/c1-9-4-13-15-8-16-18(13)14(5-9)17-12-7-10-2-3-11(12)6-10/h4-5,8,10-12,17H,2-3,6-7H2,1H3. The summed E-state index contributed by atoms with van der Waals surface area (Å²) in [5.41, 5.74) is 2.17. The van der Waals surface area contributed by atoms with E-state index in [1.54, 1.807) is 6.33 Å². The van der Waals surface area contributed by atoms with Crippen LogP contribution in [0, 0.1) is 18.8 Å². The Bertz CT molecular complexity index is 588. The fourth-order valence-corrected chi connectivity index (χ4v) is 3.77. The zero-order chi connectivity index (χ0) is 12.1. The first-order valence-electron chi connectivity index (χ1n) is 6.86. The quantitative estimate of drug-likeness (QED) is 0.880. The summed E-state index contributed by atoms with van der Waals surface area (Å²) in [6.45, 7) is 2.11. The third-order valence-electron chi connectivity index (χ3n) is 4.59. The molecule has 0 spiro atoms. The zero-order valence-electron chi connectivity index (χ0n) is 10.6. The van der Waals surface area contributed by atoms with Crippen LogP contribution < -0.4 is 5.32 Å². The van der Waals surface area contributed by atoms with Crippen molar-refractivity contribution in [3.63, 3.8) is 0 Å². The number of rotatable bonds is 2. The highest BCUT2D eigenvalue weighted by Gasteiger charge is 2.39. The highest BCUT2D eigenvalue weighted by Crippen LogP contribution is 2.45. The van der Waals surface area contributed by atoms with E-state index < -0.39 is 0 Å². The predicted molar refractivity (Wildman–Crippen MR) is 70.6 cm³/mol. The lowest BCUT2D eigenvalue weighted by atomic mass is 9.95. The number of anilines is 1. The number of aromatic nitrogens is 3. The molecular weight excluding hydrogens is 224 g/mol. The van der Waals surface area contributed by atoms with Gasteiger partial charge in [0.1, 0.15) is 12.1 Å². The highest BCUT2D eigenvalue weighted by molar-refractivity contribution is 5.52. The summed E-state index contributed by atoms with van der Waals surface area (Å²) in [7, 11) is 0. The number of pyridine rings is 1. The Morgan fingerprint density at radius 1 is 1.28 bits per heavy atom. The van der Waals surface area contributed by atoms with Gasteiger partial charge < -0.3 is 5.32 Å². The minimum atomic E-state index is 0.637. The minimum Gasteiger partial charge on any atom is -0.367 e. The van der Waals surface area contributed by atoms with Gasteiger partial charge in [-0.25, -0.2) is 4.98 Å². The van der Waals surface area contributed by atoms with E-state index in [0.717, 1.165) is 23.3 Å². The van der Waals surface area contributed by atoms with E-state index in [1.165, 1.54) is 31.2 Å². The molecule has 4 heteroatoms. The molecule has 3 unspecified atom stereocenters. The van der Waals surface area contributed by atoms with Crippen LogP contribution in [0.2, 0.25) is 0 Å². The summed E-state index contributed by atoms with van der Waals surface area (Å²) >= 11 is 0. The molecule has 18 heavy (non-hydrogen) atoms. The Morgan fingerprint density at radius 2 is 2.22 bits per heavy atom. The Labute approximate surface area is 106 Å². The second-order valence-corrected chi connectivity index (χ2v) is 5.87. The van der Waals surface area contributed by atoms with Gasteiger partial charge >= 0.3 is 0 Å². The van der Waals surface area contributed by atoms with Crippen molar-refractivity contribution in [2.24, 2.45) is 11.8 Å². The maximum Gasteiger partial charge on any atom is 0.157 e. The van der Waals surface area contributed by atoms with Gasteiger partial charge in [-0.2, -0.15) is 9.61 Å². The van der Waals surface area contributed by atoms with Crippen molar-refractivity contribution in [2.75, 3.05) is 5.32 Å². The summed E-state index contributed by atoms with van der Waals surface area (Å²) in [6, 6.07) is 4.88. The third kappa shape index (κ3) is 1.51. The van der Waals surface area contributed by atoms with Gasteiger partial charge in [0, 0.05) is 6.04 Å². The van der Waals surface area contributed by atoms with E-state index in [-0.39, 0.29) is 0 Å². The van der Waals surface area contributed by atoms with Crippen LogP contribution in [0.25, 0.3) is 5.65 Å². The fourth-order valence-electron chi connectivity index (χ4n) is 3.77. The maximum atomic E-state index is 4.31. The Hall–Kier alpha value is -1.58. The molecule has 0 aromatic carbocycles. The molecule has 0 radical (unpaired) electrons. The lowest BCUT2D eigenvalue weighted by Crippen LogP contribution is -2.27. The second-order valence-electron chi connectivity index (χ2n) is 5.87. The molecule has 0 amide bonds. The van der Waals surface area contributed by atoms with Crippen LogP contribution >= 0.6 is 0 Å². The number of aryl methyl sites for hydroxylation is 1. The van der Waals surface area contributed by atoms with E-state index in [9.17, 15) is 0 Å². The molecule has 1 N–H and O–H groups in total. The molecule has 2 aliphatic rings. The SMILES string of the molecule is Cc1cc(NC2CC3CCC2C3)n2ncnc2c1. The van der Waals surface area contributed by atoms with Gasteiger partial charge in [0.05, 0.1) is 0 Å². The Kier molecular flexibility index (Phi) is 2.13. The molecule has 2 aromatic rings. The normalized spacial score (nSPS) is 30.2. The van der Waals surface area contributed by atoms with Gasteiger partial charge in [0.15, 0.2) is 5.65 Å². The van der Waals surface area contributed by atoms with E-state index in [2.05, 4.69) is 34.5 Å². The van der Waals surface area contributed by atoms with Crippen LogP contribution in [-0.4, -0.2) is 20.6 Å². The van der Waals surface area contributed by atoms with Crippen molar-refractivity contribution in [2.45, 2.75) is 38.6 Å². The molecule has 4 rings (SSSR count). The fraction of sp³-hybridized carbons (Fsp3) is 0.571. The third-order valence-corrected chi connectivity index (χ3v) is 4.59. The zero-order valence-corrected chi connectivity index (χ0v) is 10.6. The lowest BCUT2D eigenvalue weighted by Gasteiger charge is -2.24. The molecule has 0 aliphatic heterocycles. The van der Waals surface area contributed by atoms with Crippen molar-refractivity contribution < 1.29 is 0 Å². The van der Waals surface area contributed by atoms with Crippen LogP contribution in [0.3, 0.4) is 0 Å². The summed E-state index contributed by atoms with van der Waals surface area (Å²) in [5, 5.41) is 8.01. The van der Waals surface area contributed by atoms with Gasteiger partial charge in [0.2, 0.25) is 0 Å². The van der Waals surface area contributed by atoms with Crippen LogP contribution in [0.15, 0.2) is 18.5 Å². The number of hydrogen-bond donors (Lipinski definition) is 1. The molecule has 2 saturated carbocycles. The number of hydrogen-bond acceptors (Lipinski definition) is 3. The molecule has 2 fully saturated rings. The van der Waals surface area contributed by atoms with Crippen molar-refractivity contribution in [1.82, 2.24) is 14.6 Å². The molecule has 3 atom stereocenters. The smallest absolute Gasteiger partial charge is 0.157 e. The van der Waals surface area contributed by atoms with Gasteiger partial charge in [-0.1, -0.05) is 6.42 Å². The minimum absolute atomic E-state index is 0.637. The van der Waals surface area contributed by atoms with Crippen LogP contribution in [-0.2, 0) is 0 Å². The van der Waals surface area contributed by atoms with E-state index in [1.807, 2.05) is 4.52 Å². The summed E-state index contributed by atoms with van der Waals surface area (Å²) in [6.07, 6.45) is 7.21. The summed E-state index contributed by atoms with van der Waals surface area (Å²) < 4.78 is 1.92. The molecule has 2 aliphatic carbocycles. The molecule has 2 bridgehead atoms. The summed E-state index contributed by atoms with van der Waals surface area (Å²) in [4.78, 5) is 4.27. The van der Waals surface area contributed by atoms with Crippen molar-refractivity contribution in [3.8, 4) is 0 Å². The van der Waals surface area contributed by atoms with Gasteiger partial charge in [-0.3, -0.25) is 0 Å². The van der Waals surface area contributed by atoms with Crippen molar-refractivity contribution in [1.29, 1.82) is 0 Å². The van der Waals surface area contributed by atoms with Crippen LogP contribution in [0.1, 0.15) is 31.2 Å². The molecular formula is C14H18N4. The topological polar surface area (TPSA) is 42.2 Å². The van der Waals surface area contributed by atoms with E-state index in [4.69, 9.17) is 0 Å². The Balaban J connectivity index is 1.68. The van der Waals surface area contributed by atoms with Crippen molar-refractivity contribution in [3.05, 3.63) is 24.0 Å². The van der Waals surface area contributed by atoms with Crippen LogP contribution in [0.5, 0.6) is 0 Å². The maximum absolute atomic E-state index is 4.31. The first-order chi connectivity index (χ1) is 8.79. The van der Waals surface area contributed by atoms with Gasteiger partial charge in [0.25, 0.3) is 0 Å². The van der Waals surface area contributed by atoms with Gasteiger partial charge in [-0.05, 0) is 55.7 Å². The highest BCUT2D eigenvalue weighted by atomic mass is 15.3. The number of fused-ring (bicyclic) bond motifs is 3. The summed E-state index contributed by atoms with van der Waals surface area (Å²) in [5.74, 6) is 2.93. The largest absolute Gasteiger partial charge is 0.367 e. The molecule has 0 saturated heterocycles. The molecule has 2 aromatic heterocycles. The van der Waals surface area contributed by atoms with Crippen LogP contribution in [0.4, 0.5) is 5.82 Å². The lowest BCUT2D eigenvalue weighted by molar-refractivity contribution is 0.438. The monoisotopic (exact) mass is 242 g/mol. The molecule has 94 valence electrons. The molecule has 4 nitrogen and oxygen atoms in total. The Morgan fingerprint density at radius 3 is 3.00 bits per heavy atom. The van der Waals surface area contributed by atoms with Crippen molar-refractivity contribution >= 4 is 11.5 Å². The van der Waals surface area contributed by atoms with E-state index >= 15 is 0 Å². The predicted octanol–water partition coefficient (Wildman–Crippen LogP) is 2.64. The first kappa shape index (κ1) is 10.4. The number of nitrogens with zero attached hydrogens (tertiary/aromatic N) is 3. The average Bonchev–Trinajstić information content (AvgIpc) is 3.02. The van der Waals surface area contributed by atoms with E-state index in [0.29, 0.717) is 6.04 Å².